The molecule has 1 atom stereocenters. The Bertz CT molecular complexity index is 787. The van der Waals surface area contributed by atoms with Crippen molar-refractivity contribution in [2.75, 3.05) is 26.3 Å². The molecule has 0 radical (unpaired) electrons. The molecule has 4 rings (SSSR count). The fraction of sp³-hybridized carbons (Fsp3) is 0.455. The molecule has 1 aromatic heterocycles. The number of aryl methyl sites for hydroxylation is 1. The Morgan fingerprint density at radius 3 is 2.81 bits per heavy atom. The molecule has 5 heteroatoms. The molecule has 0 aliphatic carbocycles. The van der Waals surface area contributed by atoms with Crippen molar-refractivity contribution in [1.82, 2.24) is 9.88 Å². The standard InChI is InChI=1S/C22H26N2O3/c1-17-4-2-3-5-19(17)12-21(25)24-15-22(16-24)20(8-11-27-22)14-26-13-18-6-9-23-10-7-18/h2-7,9-10,20H,8,11-16H2,1H3/t20-/m0/s1. The summed E-state index contributed by atoms with van der Waals surface area (Å²) in [5, 5.41) is 0. The summed E-state index contributed by atoms with van der Waals surface area (Å²) in [4.78, 5) is 18.6. The second-order valence-electron chi connectivity index (χ2n) is 7.62. The van der Waals surface area contributed by atoms with Gasteiger partial charge >= 0.3 is 0 Å². The van der Waals surface area contributed by atoms with Gasteiger partial charge in [-0.3, -0.25) is 9.78 Å². The molecule has 5 nitrogen and oxygen atoms in total. The quantitative estimate of drug-likeness (QED) is 0.789. The van der Waals surface area contributed by atoms with E-state index in [9.17, 15) is 4.79 Å². The molecule has 0 N–H and O–H groups in total. The fourth-order valence-corrected chi connectivity index (χ4v) is 4.03. The van der Waals surface area contributed by atoms with Crippen molar-refractivity contribution in [3.05, 3.63) is 65.5 Å². The molecule has 0 unspecified atom stereocenters. The molecule has 142 valence electrons. The van der Waals surface area contributed by atoms with Gasteiger partial charge in [0.2, 0.25) is 5.91 Å². The second-order valence-corrected chi connectivity index (χ2v) is 7.62. The summed E-state index contributed by atoms with van der Waals surface area (Å²) in [6.45, 7) is 5.43. The lowest BCUT2D eigenvalue weighted by atomic mass is 9.81. The first-order valence-electron chi connectivity index (χ1n) is 9.59. The molecule has 3 heterocycles. The number of likely N-dealkylation sites (tertiary alicyclic amines) is 1. The number of pyridine rings is 1. The van der Waals surface area contributed by atoms with E-state index in [1.54, 1.807) is 12.4 Å². The van der Waals surface area contributed by atoms with Gasteiger partial charge in [0.25, 0.3) is 0 Å². The molecular weight excluding hydrogens is 340 g/mol. The Hall–Kier alpha value is -2.24. The van der Waals surface area contributed by atoms with Crippen LogP contribution in [-0.4, -0.2) is 47.7 Å². The number of aromatic nitrogens is 1. The second kappa shape index (κ2) is 7.79. The smallest absolute Gasteiger partial charge is 0.227 e. The highest BCUT2D eigenvalue weighted by molar-refractivity contribution is 5.80. The summed E-state index contributed by atoms with van der Waals surface area (Å²) >= 11 is 0. The van der Waals surface area contributed by atoms with E-state index in [0.717, 1.165) is 24.2 Å². The molecule has 2 aliphatic rings. The van der Waals surface area contributed by atoms with Gasteiger partial charge in [-0.15, -0.1) is 0 Å². The maximum Gasteiger partial charge on any atom is 0.227 e. The van der Waals surface area contributed by atoms with Crippen molar-refractivity contribution in [3.63, 3.8) is 0 Å². The first kappa shape index (κ1) is 18.1. The van der Waals surface area contributed by atoms with Crippen LogP contribution < -0.4 is 0 Å². The average molecular weight is 366 g/mol. The van der Waals surface area contributed by atoms with Crippen LogP contribution in [0.1, 0.15) is 23.1 Å². The Labute approximate surface area is 160 Å². The summed E-state index contributed by atoms with van der Waals surface area (Å²) in [6.07, 6.45) is 5.02. The van der Waals surface area contributed by atoms with E-state index < -0.39 is 0 Å². The van der Waals surface area contributed by atoms with E-state index in [0.29, 0.717) is 38.6 Å². The van der Waals surface area contributed by atoms with Crippen LogP contribution >= 0.6 is 0 Å². The number of nitrogens with zero attached hydrogens (tertiary/aromatic N) is 2. The molecule has 1 amide bonds. The summed E-state index contributed by atoms with van der Waals surface area (Å²) in [6, 6.07) is 12.0. The Balaban J connectivity index is 1.28. The molecule has 0 bridgehead atoms. The van der Waals surface area contributed by atoms with Crippen molar-refractivity contribution in [1.29, 1.82) is 0 Å². The molecular formula is C22H26N2O3. The third kappa shape index (κ3) is 3.89. The normalized spacial score (nSPS) is 20.6. The van der Waals surface area contributed by atoms with E-state index >= 15 is 0 Å². The number of hydrogen-bond acceptors (Lipinski definition) is 4. The minimum Gasteiger partial charge on any atom is -0.376 e. The summed E-state index contributed by atoms with van der Waals surface area (Å²) in [7, 11) is 0. The zero-order chi connectivity index (χ0) is 18.7. The average Bonchev–Trinajstić information content (AvgIpc) is 3.07. The molecule has 2 aromatic rings. The third-order valence-corrected chi connectivity index (χ3v) is 5.81. The Kier molecular flexibility index (Phi) is 5.23. The largest absolute Gasteiger partial charge is 0.376 e. The Morgan fingerprint density at radius 2 is 2.04 bits per heavy atom. The number of carbonyl (C=O) groups is 1. The lowest BCUT2D eigenvalue weighted by Crippen LogP contribution is -2.66. The molecule has 2 aliphatic heterocycles. The SMILES string of the molecule is Cc1ccccc1CC(=O)N1CC2(C1)OCC[C@H]2COCc1ccncc1. The third-order valence-electron chi connectivity index (χ3n) is 5.81. The number of rotatable bonds is 6. The highest BCUT2D eigenvalue weighted by atomic mass is 16.5. The lowest BCUT2D eigenvalue weighted by Gasteiger charge is -2.50. The van der Waals surface area contributed by atoms with Crippen molar-refractivity contribution in [2.45, 2.75) is 32.0 Å². The first-order chi connectivity index (χ1) is 13.2. The minimum atomic E-state index is -0.209. The fourth-order valence-electron chi connectivity index (χ4n) is 4.03. The molecule has 1 aromatic carbocycles. The monoisotopic (exact) mass is 366 g/mol. The van der Waals surface area contributed by atoms with Gasteiger partial charge in [0.15, 0.2) is 0 Å². The van der Waals surface area contributed by atoms with E-state index in [1.807, 2.05) is 35.2 Å². The zero-order valence-corrected chi connectivity index (χ0v) is 15.8. The summed E-state index contributed by atoms with van der Waals surface area (Å²) in [5.41, 5.74) is 3.19. The highest BCUT2D eigenvalue weighted by Gasteiger charge is 2.54. The van der Waals surface area contributed by atoms with Crippen LogP contribution in [0.3, 0.4) is 0 Å². The van der Waals surface area contributed by atoms with Gasteiger partial charge in [-0.05, 0) is 42.2 Å². The van der Waals surface area contributed by atoms with E-state index in [-0.39, 0.29) is 11.5 Å². The van der Waals surface area contributed by atoms with Crippen LogP contribution in [0.4, 0.5) is 0 Å². The van der Waals surface area contributed by atoms with Crippen LogP contribution in [0.25, 0.3) is 0 Å². The van der Waals surface area contributed by atoms with Gasteiger partial charge in [-0.2, -0.15) is 0 Å². The van der Waals surface area contributed by atoms with Crippen molar-refractivity contribution >= 4 is 5.91 Å². The minimum absolute atomic E-state index is 0.182. The van der Waals surface area contributed by atoms with Gasteiger partial charge in [-0.1, -0.05) is 24.3 Å². The lowest BCUT2D eigenvalue weighted by molar-refractivity contribution is -0.168. The summed E-state index contributed by atoms with van der Waals surface area (Å²) < 4.78 is 12.0. The highest BCUT2D eigenvalue weighted by Crippen LogP contribution is 2.40. The van der Waals surface area contributed by atoms with Gasteiger partial charge < -0.3 is 14.4 Å². The van der Waals surface area contributed by atoms with Crippen molar-refractivity contribution in [2.24, 2.45) is 5.92 Å². The number of ether oxygens (including phenoxy) is 2. The van der Waals surface area contributed by atoms with E-state index in [2.05, 4.69) is 18.0 Å². The van der Waals surface area contributed by atoms with Crippen LogP contribution in [0.2, 0.25) is 0 Å². The maximum atomic E-state index is 12.6. The number of carbonyl (C=O) groups excluding carboxylic acids is 1. The van der Waals surface area contributed by atoms with Gasteiger partial charge in [0.05, 0.1) is 32.7 Å². The summed E-state index contributed by atoms with van der Waals surface area (Å²) in [5.74, 6) is 0.531. The predicted octanol–water partition coefficient (Wildman–Crippen LogP) is 2.77. The molecule has 1 spiro atoms. The molecule has 27 heavy (non-hydrogen) atoms. The van der Waals surface area contributed by atoms with Crippen LogP contribution in [0.15, 0.2) is 48.8 Å². The van der Waals surface area contributed by atoms with Crippen LogP contribution in [0.5, 0.6) is 0 Å². The van der Waals surface area contributed by atoms with Gasteiger partial charge in [0.1, 0.15) is 5.60 Å². The van der Waals surface area contributed by atoms with Gasteiger partial charge in [0, 0.05) is 24.9 Å². The number of benzene rings is 1. The van der Waals surface area contributed by atoms with Gasteiger partial charge in [-0.25, -0.2) is 0 Å². The first-order valence-corrected chi connectivity index (χ1v) is 9.59. The molecule has 2 fully saturated rings. The van der Waals surface area contributed by atoms with E-state index in [1.165, 1.54) is 5.56 Å². The topological polar surface area (TPSA) is 51.7 Å². The van der Waals surface area contributed by atoms with Crippen LogP contribution in [0, 0.1) is 12.8 Å². The predicted molar refractivity (Wildman–Crippen MR) is 102 cm³/mol. The Morgan fingerprint density at radius 1 is 1.26 bits per heavy atom. The number of hydrogen-bond donors (Lipinski definition) is 0. The molecule has 0 saturated carbocycles. The van der Waals surface area contributed by atoms with Crippen LogP contribution in [-0.2, 0) is 27.3 Å². The zero-order valence-electron chi connectivity index (χ0n) is 15.8. The van der Waals surface area contributed by atoms with E-state index in [4.69, 9.17) is 9.47 Å². The number of amides is 1. The maximum absolute atomic E-state index is 12.6. The van der Waals surface area contributed by atoms with Crippen molar-refractivity contribution in [3.8, 4) is 0 Å². The van der Waals surface area contributed by atoms with Crippen molar-refractivity contribution < 1.29 is 14.3 Å². The molecule has 2 saturated heterocycles.